The van der Waals surface area contributed by atoms with Crippen LogP contribution in [0.4, 0.5) is 0 Å². The summed E-state index contributed by atoms with van der Waals surface area (Å²) in [7, 11) is 1.92. The first kappa shape index (κ1) is 10.7. The second-order valence-electron chi connectivity index (χ2n) is 2.91. The Balaban J connectivity index is 2.54. The van der Waals surface area contributed by atoms with Crippen molar-refractivity contribution in [2.45, 2.75) is 13.5 Å². The first-order valence-electron chi connectivity index (χ1n) is 4.70. The van der Waals surface area contributed by atoms with Gasteiger partial charge in [0.2, 0.25) is 5.88 Å². The molecule has 0 saturated heterocycles. The lowest BCUT2D eigenvalue weighted by Crippen LogP contribution is -2.05. The molecular formula is C11H16N2O. The van der Waals surface area contributed by atoms with Crippen LogP contribution in [-0.4, -0.2) is 18.6 Å². The van der Waals surface area contributed by atoms with Crippen molar-refractivity contribution >= 4 is 0 Å². The average Bonchev–Trinajstić information content (AvgIpc) is 2.19. The molecule has 0 radical (unpaired) electrons. The highest BCUT2D eigenvalue weighted by atomic mass is 16.5. The van der Waals surface area contributed by atoms with Crippen molar-refractivity contribution in [2.24, 2.45) is 0 Å². The smallest absolute Gasteiger partial charge is 0.213 e. The molecule has 3 heteroatoms. The molecule has 0 atom stereocenters. The van der Waals surface area contributed by atoms with Gasteiger partial charge in [0, 0.05) is 18.8 Å². The van der Waals surface area contributed by atoms with Crippen LogP contribution >= 0.6 is 0 Å². The van der Waals surface area contributed by atoms with E-state index in [9.17, 15) is 0 Å². The van der Waals surface area contributed by atoms with Gasteiger partial charge >= 0.3 is 0 Å². The Kier molecular flexibility index (Phi) is 4.72. The zero-order valence-corrected chi connectivity index (χ0v) is 8.66. The summed E-state index contributed by atoms with van der Waals surface area (Å²) < 4.78 is 5.41. The van der Waals surface area contributed by atoms with Crippen molar-refractivity contribution in [1.82, 2.24) is 10.3 Å². The van der Waals surface area contributed by atoms with Gasteiger partial charge in [-0.05, 0) is 25.6 Å². The van der Waals surface area contributed by atoms with E-state index >= 15 is 0 Å². The summed E-state index contributed by atoms with van der Waals surface area (Å²) in [5.41, 5.74) is 1.18. The van der Waals surface area contributed by atoms with E-state index in [1.54, 1.807) is 6.20 Å². The van der Waals surface area contributed by atoms with E-state index in [1.165, 1.54) is 5.56 Å². The number of aromatic nitrogens is 1. The van der Waals surface area contributed by atoms with Gasteiger partial charge in [-0.1, -0.05) is 12.2 Å². The van der Waals surface area contributed by atoms with Gasteiger partial charge in [-0.2, -0.15) is 0 Å². The van der Waals surface area contributed by atoms with Crippen molar-refractivity contribution in [2.75, 3.05) is 13.7 Å². The largest absolute Gasteiger partial charge is 0.473 e. The molecule has 1 heterocycles. The zero-order valence-electron chi connectivity index (χ0n) is 8.66. The van der Waals surface area contributed by atoms with Crippen molar-refractivity contribution in [1.29, 1.82) is 0 Å². The lowest BCUT2D eigenvalue weighted by molar-refractivity contribution is 0.347. The fourth-order valence-electron chi connectivity index (χ4n) is 1.07. The van der Waals surface area contributed by atoms with Gasteiger partial charge in [0.25, 0.3) is 0 Å². The molecule has 0 saturated carbocycles. The second-order valence-corrected chi connectivity index (χ2v) is 2.91. The molecule has 0 aromatic carbocycles. The highest BCUT2D eigenvalue weighted by molar-refractivity contribution is 5.20. The number of pyridine rings is 1. The normalized spacial score (nSPS) is 10.7. The molecule has 0 unspecified atom stereocenters. The minimum atomic E-state index is 0.576. The Bertz CT molecular complexity index is 297. The number of ether oxygens (including phenoxy) is 1. The van der Waals surface area contributed by atoms with Gasteiger partial charge in [0.05, 0.1) is 0 Å². The maximum absolute atomic E-state index is 5.41. The predicted molar refractivity (Wildman–Crippen MR) is 57.3 cm³/mol. The number of allylic oxidation sites excluding steroid dienone is 1. The molecular weight excluding hydrogens is 176 g/mol. The van der Waals surface area contributed by atoms with Crippen LogP contribution in [0.25, 0.3) is 0 Å². The third-order valence-electron chi connectivity index (χ3n) is 1.74. The quantitative estimate of drug-likeness (QED) is 0.722. The minimum Gasteiger partial charge on any atom is -0.473 e. The summed E-state index contributed by atoms with van der Waals surface area (Å²) in [4.78, 5) is 4.11. The molecule has 0 aliphatic rings. The Morgan fingerprint density at radius 3 is 3.14 bits per heavy atom. The molecule has 1 aromatic heterocycles. The van der Waals surface area contributed by atoms with E-state index in [0.29, 0.717) is 12.5 Å². The predicted octanol–water partition coefficient (Wildman–Crippen LogP) is 1.76. The molecule has 0 amide bonds. The van der Waals surface area contributed by atoms with E-state index in [4.69, 9.17) is 4.74 Å². The van der Waals surface area contributed by atoms with Crippen LogP contribution in [-0.2, 0) is 6.54 Å². The summed E-state index contributed by atoms with van der Waals surface area (Å²) in [6.45, 7) is 3.38. The first-order chi connectivity index (χ1) is 6.86. The Labute approximate surface area is 84.8 Å². The highest BCUT2D eigenvalue weighted by Crippen LogP contribution is 2.08. The number of nitrogens with zero attached hydrogens (tertiary/aromatic N) is 1. The SMILES string of the molecule is CC=CCOc1cc(CNC)ccn1. The Hall–Kier alpha value is -1.35. The Morgan fingerprint density at radius 2 is 2.43 bits per heavy atom. The number of hydrogen-bond acceptors (Lipinski definition) is 3. The van der Waals surface area contributed by atoms with Crippen molar-refractivity contribution in [3.8, 4) is 5.88 Å². The van der Waals surface area contributed by atoms with Crippen molar-refractivity contribution < 1.29 is 4.74 Å². The van der Waals surface area contributed by atoms with Crippen LogP contribution in [0, 0.1) is 0 Å². The molecule has 76 valence electrons. The molecule has 0 aliphatic heterocycles. The molecule has 3 nitrogen and oxygen atoms in total. The number of rotatable bonds is 5. The monoisotopic (exact) mass is 192 g/mol. The molecule has 0 fully saturated rings. The maximum Gasteiger partial charge on any atom is 0.213 e. The topological polar surface area (TPSA) is 34.1 Å². The molecule has 0 bridgehead atoms. The van der Waals surface area contributed by atoms with Gasteiger partial charge in [0.15, 0.2) is 0 Å². The van der Waals surface area contributed by atoms with Gasteiger partial charge < -0.3 is 10.1 Å². The van der Waals surface area contributed by atoms with E-state index in [0.717, 1.165) is 6.54 Å². The van der Waals surface area contributed by atoms with E-state index < -0.39 is 0 Å². The molecule has 1 aromatic rings. The van der Waals surface area contributed by atoms with Crippen LogP contribution in [0.3, 0.4) is 0 Å². The fraction of sp³-hybridized carbons (Fsp3) is 0.364. The standard InChI is InChI=1S/C11H16N2O/c1-3-4-7-14-11-8-10(9-12-2)5-6-13-11/h3-6,8,12H,7,9H2,1-2H3. The molecule has 0 spiro atoms. The van der Waals surface area contributed by atoms with Gasteiger partial charge in [-0.25, -0.2) is 4.98 Å². The lowest BCUT2D eigenvalue weighted by Gasteiger charge is -2.04. The first-order valence-corrected chi connectivity index (χ1v) is 4.70. The summed E-state index contributed by atoms with van der Waals surface area (Å²) in [5.74, 6) is 0.677. The summed E-state index contributed by atoms with van der Waals surface area (Å²) in [6, 6.07) is 3.92. The van der Waals surface area contributed by atoms with Crippen molar-refractivity contribution in [3.63, 3.8) is 0 Å². The Morgan fingerprint density at radius 1 is 1.57 bits per heavy atom. The van der Waals surface area contributed by atoms with Crippen LogP contribution in [0.5, 0.6) is 5.88 Å². The van der Waals surface area contributed by atoms with Crippen LogP contribution in [0.15, 0.2) is 30.5 Å². The van der Waals surface area contributed by atoms with Gasteiger partial charge in [0.1, 0.15) is 6.61 Å². The third kappa shape index (κ3) is 3.58. The molecule has 1 N–H and O–H groups in total. The minimum absolute atomic E-state index is 0.576. The molecule has 1 rings (SSSR count). The summed E-state index contributed by atoms with van der Waals surface area (Å²) in [6.07, 6.45) is 5.67. The van der Waals surface area contributed by atoms with Crippen LogP contribution in [0.2, 0.25) is 0 Å². The second kappa shape index (κ2) is 6.16. The van der Waals surface area contributed by atoms with E-state index in [-0.39, 0.29) is 0 Å². The molecule has 14 heavy (non-hydrogen) atoms. The maximum atomic E-state index is 5.41. The van der Waals surface area contributed by atoms with Gasteiger partial charge in [-0.3, -0.25) is 0 Å². The number of hydrogen-bond donors (Lipinski definition) is 1. The van der Waals surface area contributed by atoms with Crippen LogP contribution < -0.4 is 10.1 Å². The van der Waals surface area contributed by atoms with E-state index in [2.05, 4.69) is 10.3 Å². The number of nitrogens with one attached hydrogen (secondary N) is 1. The lowest BCUT2D eigenvalue weighted by atomic mass is 10.3. The highest BCUT2D eigenvalue weighted by Gasteiger charge is 1.95. The van der Waals surface area contributed by atoms with Crippen LogP contribution in [0.1, 0.15) is 12.5 Å². The zero-order chi connectivity index (χ0) is 10.2. The van der Waals surface area contributed by atoms with Gasteiger partial charge in [-0.15, -0.1) is 0 Å². The summed E-state index contributed by atoms with van der Waals surface area (Å²) >= 11 is 0. The van der Waals surface area contributed by atoms with E-state index in [1.807, 2.05) is 38.3 Å². The van der Waals surface area contributed by atoms with Crippen molar-refractivity contribution in [3.05, 3.63) is 36.0 Å². The molecule has 0 aliphatic carbocycles. The summed E-state index contributed by atoms with van der Waals surface area (Å²) in [5, 5.41) is 3.08. The fourth-order valence-corrected chi connectivity index (χ4v) is 1.07. The third-order valence-corrected chi connectivity index (χ3v) is 1.74. The average molecular weight is 192 g/mol.